The third-order valence-corrected chi connectivity index (χ3v) is 4.92. The topological polar surface area (TPSA) is 20.3 Å². The Morgan fingerprint density at radius 3 is 2.27 bits per heavy atom. The van der Waals surface area contributed by atoms with Gasteiger partial charge in [-0.1, -0.05) is 60.9 Å². The summed E-state index contributed by atoms with van der Waals surface area (Å²) in [6, 6.07) is 16.8. The molecule has 0 bridgehead atoms. The Labute approximate surface area is 132 Å². The normalized spacial score (nSPS) is 16.5. The molecule has 2 nitrogen and oxygen atoms in total. The van der Waals surface area contributed by atoms with Gasteiger partial charge in [0, 0.05) is 5.69 Å². The van der Waals surface area contributed by atoms with Crippen LogP contribution >= 0.6 is 0 Å². The highest BCUT2D eigenvalue weighted by molar-refractivity contribution is 5.80. The summed E-state index contributed by atoms with van der Waals surface area (Å²) in [7, 11) is 0. The molecule has 0 atom stereocenters. The Bertz CT molecular complexity index is 657. The first-order valence-corrected chi connectivity index (χ1v) is 8.05. The minimum absolute atomic E-state index is 0.191. The van der Waals surface area contributed by atoms with Crippen molar-refractivity contribution >= 4 is 12.1 Å². The Morgan fingerprint density at radius 1 is 1.00 bits per heavy atom. The monoisotopic (exact) mass is 293 g/mol. The second-order valence-corrected chi connectivity index (χ2v) is 6.37. The van der Waals surface area contributed by atoms with Gasteiger partial charge in [-0.25, -0.2) is 0 Å². The molecule has 0 aromatic heterocycles. The van der Waals surface area contributed by atoms with Gasteiger partial charge in [-0.05, 0) is 43.9 Å². The maximum atomic E-state index is 12.0. The first-order valence-electron chi connectivity index (χ1n) is 8.05. The Kier molecular flexibility index (Phi) is 4.02. The van der Waals surface area contributed by atoms with Crippen LogP contribution < -0.4 is 4.90 Å². The van der Waals surface area contributed by atoms with Crippen molar-refractivity contribution in [1.82, 2.24) is 0 Å². The van der Waals surface area contributed by atoms with Crippen LogP contribution in [-0.4, -0.2) is 6.41 Å². The van der Waals surface area contributed by atoms with Crippen LogP contribution in [0.4, 0.5) is 5.69 Å². The van der Waals surface area contributed by atoms with Crippen molar-refractivity contribution in [3.63, 3.8) is 0 Å². The summed E-state index contributed by atoms with van der Waals surface area (Å²) in [6.45, 7) is 4.18. The average Bonchev–Trinajstić information content (AvgIpc) is 3.02. The molecular formula is C20H23NO. The zero-order valence-electron chi connectivity index (χ0n) is 13.4. The number of amides is 1. The van der Waals surface area contributed by atoms with E-state index in [0.29, 0.717) is 0 Å². The number of aryl methyl sites for hydroxylation is 2. The lowest BCUT2D eigenvalue weighted by Gasteiger charge is -2.40. The fraction of sp³-hybridized carbons (Fsp3) is 0.350. The molecule has 0 radical (unpaired) electrons. The molecule has 3 rings (SSSR count). The molecule has 1 saturated carbocycles. The van der Waals surface area contributed by atoms with Gasteiger partial charge in [0.05, 0.1) is 5.54 Å². The van der Waals surface area contributed by atoms with E-state index in [4.69, 9.17) is 0 Å². The summed E-state index contributed by atoms with van der Waals surface area (Å²) in [4.78, 5) is 14.0. The van der Waals surface area contributed by atoms with Gasteiger partial charge in [-0.2, -0.15) is 0 Å². The number of benzene rings is 2. The fourth-order valence-electron chi connectivity index (χ4n) is 3.84. The van der Waals surface area contributed by atoms with Crippen LogP contribution in [0.25, 0.3) is 0 Å². The van der Waals surface area contributed by atoms with Crippen molar-refractivity contribution in [3.8, 4) is 0 Å². The van der Waals surface area contributed by atoms with Crippen LogP contribution in [0.15, 0.2) is 48.5 Å². The summed E-state index contributed by atoms with van der Waals surface area (Å²) >= 11 is 0. The number of hydrogen-bond donors (Lipinski definition) is 0. The lowest BCUT2D eigenvalue weighted by molar-refractivity contribution is -0.108. The van der Waals surface area contributed by atoms with E-state index in [0.717, 1.165) is 30.5 Å². The van der Waals surface area contributed by atoms with Crippen LogP contribution in [0, 0.1) is 13.8 Å². The minimum Gasteiger partial charge on any atom is -0.305 e. The van der Waals surface area contributed by atoms with Crippen LogP contribution in [0.3, 0.4) is 0 Å². The molecule has 2 heteroatoms. The van der Waals surface area contributed by atoms with Crippen LogP contribution in [-0.2, 0) is 10.3 Å². The lowest BCUT2D eigenvalue weighted by atomic mass is 9.85. The second-order valence-electron chi connectivity index (χ2n) is 6.37. The Balaban J connectivity index is 2.12. The summed E-state index contributed by atoms with van der Waals surface area (Å²) in [5, 5.41) is 0. The molecule has 1 amide bonds. The van der Waals surface area contributed by atoms with Crippen molar-refractivity contribution in [2.24, 2.45) is 0 Å². The number of carbonyl (C=O) groups excluding carboxylic acids is 1. The Hall–Kier alpha value is -2.09. The summed E-state index contributed by atoms with van der Waals surface area (Å²) in [6.07, 6.45) is 5.43. The quantitative estimate of drug-likeness (QED) is 0.746. The molecule has 0 N–H and O–H groups in total. The lowest BCUT2D eigenvalue weighted by Crippen LogP contribution is -2.44. The molecule has 114 valence electrons. The maximum Gasteiger partial charge on any atom is 0.214 e. The number of nitrogens with zero attached hydrogens (tertiary/aromatic N) is 1. The second kappa shape index (κ2) is 5.96. The van der Waals surface area contributed by atoms with Crippen LogP contribution in [0.5, 0.6) is 0 Å². The zero-order chi connectivity index (χ0) is 15.6. The standard InChI is InChI=1S/C20H23NO/c1-16-10-11-19(17(2)14-16)21(15-22)20(12-6-7-13-20)18-8-4-3-5-9-18/h3-5,8-11,14-15H,6-7,12-13H2,1-2H3. The minimum atomic E-state index is -0.191. The molecule has 0 unspecified atom stereocenters. The van der Waals surface area contributed by atoms with Crippen molar-refractivity contribution < 1.29 is 4.79 Å². The van der Waals surface area contributed by atoms with E-state index in [1.165, 1.54) is 24.0 Å². The molecule has 1 fully saturated rings. The molecule has 2 aromatic rings. The predicted molar refractivity (Wildman–Crippen MR) is 91.0 cm³/mol. The summed E-state index contributed by atoms with van der Waals surface area (Å²) < 4.78 is 0. The summed E-state index contributed by atoms with van der Waals surface area (Å²) in [5.74, 6) is 0. The maximum absolute atomic E-state index is 12.0. The molecule has 0 saturated heterocycles. The molecule has 0 spiro atoms. The molecule has 2 aromatic carbocycles. The average molecular weight is 293 g/mol. The predicted octanol–water partition coefficient (Wildman–Crippen LogP) is 4.74. The largest absolute Gasteiger partial charge is 0.305 e. The highest BCUT2D eigenvalue weighted by Gasteiger charge is 2.41. The summed E-state index contributed by atoms with van der Waals surface area (Å²) in [5.41, 5.74) is 4.48. The third kappa shape index (κ3) is 2.43. The highest BCUT2D eigenvalue weighted by Crippen LogP contribution is 2.45. The van der Waals surface area contributed by atoms with E-state index >= 15 is 0 Å². The van der Waals surface area contributed by atoms with Crippen molar-refractivity contribution in [1.29, 1.82) is 0 Å². The highest BCUT2D eigenvalue weighted by atomic mass is 16.1. The number of hydrogen-bond acceptors (Lipinski definition) is 1. The van der Waals surface area contributed by atoms with Crippen molar-refractivity contribution in [2.75, 3.05) is 4.90 Å². The molecule has 22 heavy (non-hydrogen) atoms. The van der Waals surface area contributed by atoms with E-state index in [9.17, 15) is 4.79 Å². The van der Waals surface area contributed by atoms with Gasteiger partial charge in [0.25, 0.3) is 0 Å². The van der Waals surface area contributed by atoms with Gasteiger partial charge in [-0.3, -0.25) is 4.79 Å². The van der Waals surface area contributed by atoms with Gasteiger partial charge in [0.2, 0.25) is 6.41 Å². The van der Waals surface area contributed by atoms with Gasteiger partial charge < -0.3 is 4.90 Å². The van der Waals surface area contributed by atoms with Gasteiger partial charge in [-0.15, -0.1) is 0 Å². The fourth-order valence-corrected chi connectivity index (χ4v) is 3.84. The molecule has 0 aliphatic heterocycles. The van der Waals surface area contributed by atoms with Gasteiger partial charge in [0.1, 0.15) is 0 Å². The third-order valence-electron chi connectivity index (χ3n) is 4.92. The van der Waals surface area contributed by atoms with Crippen molar-refractivity contribution in [3.05, 3.63) is 65.2 Å². The van der Waals surface area contributed by atoms with Crippen molar-refractivity contribution in [2.45, 2.75) is 45.1 Å². The van der Waals surface area contributed by atoms with Crippen LogP contribution in [0.2, 0.25) is 0 Å². The number of rotatable bonds is 4. The SMILES string of the molecule is Cc1ccc(N(C=O)C2(c3ccccc3)CCCC2)c(C)c1. The number of anilines is 1. The first-order chi connectivity index (χ1) is 10.7. The molecule has 0 heterocycles. The molecular weight excluding hydrogens is 270 g/mol. The van der Waals surface area contributed by atoms with E-state index in [-0.39, 0.29) is 5.54 Å². The number of carbonyl (C=O) groups is 1. The van der Waals surface area contributed by atoms with Crippen LogP contribution in [0.1, 0.15) is 42.4 Å². The van der Waals surface area contributed by atoms with E-state index < -0.39 is 0 Å². The van der Waals surface area contributed by atoms with E-state index in [2.05, 4.69) is 56.3 Å². The van der Waals surface area contributed by atoms with E-state index in [1.54, 1.807) is 0 Å². The van der Waals surface area contributed by atoms with Gasteiger partial charge >= 0.3 is 0 Å². The zero-order valence-corrected chi connectivity index (χ0v) is 13.4. The Morgan fingerprint density at radius 2 is 1.68 bits per heavy atom. The molecule has 1 aliphatic rings. The first kappa shape index (κ1) is 14.8. The smallest absolute Gasteiger partial charge is 0.214 e. The van der Waals surface area contributed by atoms with E-state index in [1.807, 2.05) is 11.0 Å². The van der Waals surface area contributed by atoms with Gasteiger partial charge in [0.15, 0.2) is 0 Å². The molecule has 1 aliphatic carbocycles.